The first-order valence-electron chi connectivity index (χ1n) is 4.13. The van der Waals surface area contributed by atoms with E-state index >= 15 is 0 Å². The van der Waals surface area contributed by atoms with Gasteiger partial charge in [-0.1, -0.05) is 5.56 Å². The minimum Gasteiger partial charge on any atom is -0.502 e. The van der Waals surface area contributed by atoms with Crippen molar-refractivity contribution >= 4 is 6.08 Å². The fourth-order valence-electron chi connectivity index (χ4n) is 1.15. The normalized spacial score (nSPS) is 9.73. The molecule has 0 radical (unpaired) electrons. The molecule has 0 amide bonds. The molecule has 76 valence electrons. The zero-order valence-corrected chi connectivity index (χ0v) is 12.4. The molecule has 0 heterocycles. The Bertz CT molecular complexity index is 323. The van der Waals surface area contributed by atoms with E-state index in [4.69, 9.17) is 9.47 Å². The average molecular weight is 232 g/mol. The second-order valence-electron chi connectivity index (χ2n) is 2.68. The van der Waals surface area contributed by atoms with Gasteiger partial charge in [0.05, 0.1) is 14.2 Å². The third kappa shape index (κ3) is 3.73. The van der Waals surface area contributed by atoms with Crippen LogP contribution in [-0.2, 0) is 0 Å². The van der Waals surface area contributed by atoms with Crippen LogP contribution in [0.25, 0.3) is 6.08 Å². The Morgan fingerprint density at radius 3 is 2.00 bits per heavy atom. The maximum Gasteiger partial charge on any atom is 1.00 e. The SMILES string of the molecule is [CH2-]/C=C/c1cc(OC)c(O)c(OC)c1.[K+]. The van der Waals surface area contributed by atoms with Gasteiger partial charge in [0, 0.05) is 0 Å². The molecular formula is C11H13KO3. The van der Waals surface area contributed by atoms with Gasteiger partial charge >= 0.3 is 51.4 Å². The number of aromatic hydroxyl groups is 1. The van der Waals surface area contributed by atoms with Crippen LogP contribution in [-0.4, -0.2) is 19.3 Å². The van der Waals surface area contributed by atoms with Crippen molar-refractivity contribution in [1.82, 2.24) is 0 Å². The van der Waals surface area contributed by atoms with Gasteiger partial charge in [-0.15, -0.1) is 0 Å². The number of allylic oxidation sites excluding steroid dienone is 1. The Hall–Kier alpha value is -0.134. The molecule has 1 aromatic carbocycles. The number of hydrogen-bond acceptors (Lipinski definition) is 3. The van der Waals surface area contributed by atoms with E-state index in [2.05, 4.69) is 6.92 Å². The van der Waals surface area contributed by atoms with E-state index in [1.165, 1.54) is 14.2 Å². The number of benzene rings is 1. The molecule has 0 aliphatic rings. The standard InChI is InChI=1S/C11H13O3.K/c1-4-5-8-6-9(13-2)11(12)10(7-8)14-3;/h4-7,12H,1H2,2-3H3;/q-1;+1/b5-4+;. The molecule has 1 N–H and O–H groups in total. The number of phenolic OH excluding ortho intramolecular Hbond substituents is 1. The average Bonchev–Trinajstić information content (AvgIpc) is 2.20. The summed E-state index contributed by atoms with van der Waals surface area (Å²) < 4.78 is 9.98. The van der Waals surface area contributed by atoms with Crippen LogP contribution in [0.1, 0.15) is 5.56 Å². The van der Waals surface area contributed by atoms with Gasteiger partial charge in [-0.05, 0) is 12.1 Å². The summed E-state index contributed by atoms with van der Waals surface area (Å²) in [5.41, 5.74) is 0.867. The van der Waals surface area contributed by atoms with Gasteiger partial charge in [-0.25, -0.2) is 19.1 Å². The Labute approximate surface area is 133 Å². The first-order valence-corrected chi connectivity index (χ1v) is 4.13. The molecule has 0 unspecified atom stereocenters. The van der Waals surface area contributed by atoms with Crippen LogP contribution in [0.2, 0.25) is 0 Å². The van der Waals surface area contributed by atoms with E-state index in [1.54, 1.807) is 24.3 Å². The molecule has 0 spiro atoms. The van der Waals surface area contributed by atoms with Crippen molar-refractivity contribution in [3.63, 3.8) is 0 Å². The number of ether oxygens (including phenoxy) is 2. The van der Waals surface area contributed by atoms with Crippen molar-refractivity contribution in [3.05, 3.63) is 30.7 Å². The van der Waals surface area contributed by atoms with Gasteiger partial charge in [0.15, 0.2) is 11.5 Å². The third-order valence-corrected chi connectivity index (χ3v) is 1.81. The van der Waals surface area contributed by atoms with Crippen LogP contribution in [0.15, 0.2) is 18.2 Å². The summed E-state index contributed by atoms with van der Waals surface area (Å²) in [5.74, 6) is 0.783. The van der Waals surface area contributed by atoms with Crippen LogP contribution in [0, 0.1) is 6.92 Å². The number of methoxy groups -OCH3 is 2. The molecule has 0 aromatic heterocycles. The van der Waals surface area contributed by atoms with E-state index in [9.17, 15) is 5.11 Å². The molecule has 0 aliphatic carbocycles. The molecule has 0 fully saturated rings. The van der Waals surface area contributed by atoms with Crippen LogP contribution >= 0.6 is 0 Å². The summed E-state index contributed by atoms with van der Waals surface area (Å²) in [4.78, 5) is 0. The first-order chi connectivity index (χ1) is 6.72. The van der Waals surface area contributed by atoms with E-state index in [-0.39, 0.29) is 57.1 Å². The molecule has 0 atom stereocenters. The van der Waals surface area contributed by atoms with Crippen molar-refractivity contribution < 1.29 is 66.0 Å². The summed E-state index contributed by atoms with van der Waals surface area (Å²) in [6.07, 6.45) is 3.45. The maximum atomic E-state index is 9.59. The van der Waals surface area contributed by atoms with Crippen LogP contribution < -0.4 is 60.9 Å². The van der Waals surface area contributed by atoms with E-state index in [0.29, 0.717) is 11.5 Å². The van der Waals surface area contributed by atoms with Gasteiger partial charge in [0.25, 0.3) is 0 Å². The van der Waals surface area contributed by atoms with Crippen molar-refractivity contribution in [1.29, 1.82) is 0 Å². The molecule has 0 saturated carbocycles. The predicted octanol–water partition coefficient (Wildman–Crippen LogP) is -0.739. The minimum atomic E-state index is 0. The Morgan fingerprint density at radius 2 is 1.67 bits per heavy atom. The molecule has 0 bridgehead atoms. The second-order valence-corrected chi connectivity index (χ2v) is 2.68. The summed E-state index contributed by atoms with van der Waals surface area (Å²) in [6.45, 7) is 3.59. The van der Waals surface area contributed by atoms with Crippen LogP contribution in [0.3, 0.4) is 0 Å². The van der Waals surface area contributed by atoms with Gasteiger partial charge in [-0.2, -0.15) is 0 Å². The summed E-state index contributed by atoms with van der Waals surface area (Å²) in [6, 6.07) is 3.42. The topological polar surface area (TPSA) is 38.7 Å². The van der Waals surface area contributed by atoms with Gasteiger partial charge < -0.3 is 14.6 Å². The van der Waals surface area contributed by atoms with Gasteiger partial charge in [-0.3, -0.25) is 0 Å². The van der Waals surface area contributed by atoms with Gasteiger partial charge in [0.1, 0.15) is 0 Å². The Balaban J connectivity index is 0.00000196. The molecular weight excluding hydrogens is 219 g/mol. The fourth-order valence-corrected chi connectivity index (χ4v) is 1.15. The molecule has 3 nitrogen and oxygen atoms in total. The maximum absolute atomic E-state index is 9.59. The number of rotatable bonds is 3. The zero-order valence-electron chi connectivity index (χ0n) is 9.28. The Kier molecular flexibility index (Phi) is 7.13. The second kappa shape index (κ2) is 7.19. The quantitative estimate of drug-likeness (QED) is 0.551. The molecule has 1 rings (SSSR count). The van der Waals surface area contributed by atoms with Crippen LogP contribution in [0.4, 0.5) is 0 Å². The summed E-state index contributed by atoms with van der Waals surface area (Å²) in [5, 5.41) is 9.59. The number of phenols is 1. The van der Waals surface area contributed by atoms with E-state index in [0.717, 1.165) is 5.56 Å². The van der Waals surface area contributed by atoms with Crippen molar-refractivity contribution in [2.75, 3.05) is 14.2 Å². The summed E-state index contributed by atoms with van der Waals surface area (Å²) in [7, 11) is 2.98. The third-order valence-electron chi connectivity index (χ3n) is 1.81. The molecule has 0 saturated heterocycles. The monoisotopic (exact) mass is 232 g/mol. The summed E-state index contributed by atoms with van der Waals surface area (Å²) >= 11 is 0. The largest absolute Gasteiger partial charge is 1.00 e. The minimum absolute atomic E-state index is 0. The fraction of sp³-hybridized carbons (Fsp3) is 0.182. The smallest absolute Gasteiger partial charge is 0.502 e. The zero-order chi connectivity index (χ0) is 10.6. The van der Waals surface area contributed by atoms with Crippen LogP contribution in [0.5, 0.6) is 17.2 Å². The number of hydrogen-bond donors (Lipinski definition) is 1. The predicted molar refractivity (Wildman–Crippen MR) is 55.6 cm³/mol. The molecule has 15 heavy (non-hydrogen) atoms. The Morgan fingerprint density at radius 1 is 1.20 bits per heavy atom. The van der Waals surface area contributed by atoms with E-state index < -0.39 is 0 Å². The first kappa shape index (κ1) is 14.9. The van der Waals surface area contributed by atoms with Crippen molar-refractivity contribution in [2.24, 2.45) is 0 Å². The van der Waals surface area contributed by atoms with Crippen molar-refractivity contribution in [2.45, 2.75) is 0 Å². The van der Waals surface area contributed by atoms with Crippen molar-refractivity contribution in [3.8, 4) is 17.2 Å². The van der Waals surface area contributed by atoms with Gasteiger partial charge in [0.2, 0.25) is 5.75 Å². The molecule has 0 aliphatic heterocycles. The molecule has 4 heteroatoms. The van der Waals surface area contributed by atoms with E-state index in [1.807, 2.05) is 0 Å². The molecule has 1 aromatic rings.